The molecule has 0 saturated carbocycles. The van der Waals surface area contributed by atoms with E-state index in [9.17, 15) is 9.90 Å². The molecule has 0 spiro atoms. The van der Waals surface area contributed by atoms with Crippen LogP contribution in [0.4, 0.5) is 11.6 Å². The average Bonchev–Trinajstić information content (AvgIpc) is 2.74. The molecule has 29 heavy (non-hydrogen) atoms. The lowest BCUT2D eigenvalue weighted by atomic mass is 10.1. The van der Waals surface area contributed by atoms with Crippen molar-refractivity contribution >= 4 is 17.5 Å². The summed E-state index contributed by atoms with van der Waals surface area (Å²) in [7, 11) is 0. The van der Waals surface area contributed by atoms with Gasteiger partial charge in [-0.2, -0.15) is 0 Å². The van der Waals surface area contributed by atoms with E-state index >= 15 is 0 Å². The molecule has 3 aromatic rings. The molecular formula is C23H24N4O2. The highest BCUT2D eigenvalue weighted by Gasteiger charge is 2.19. The number of rotatable bonds is 4. The zero-order valence-corrected chi connectivity index (χ0v) is 16.4. The van der Waals surface area contributed by atoms with Gasteiger partial charge in [0.2, 0.25) is 0 Å². The largest absolute Gasteiger partial charge is 0.391 e. The quantitative estimate of drug-likeness (QED) is 0.713. The maximum absolute atomic E-state index is 12.5. The number of aryl methyl sites for hydroxylation is 1. The third kappa shape index (κ3) is 4.60. The standard InChI is InChI=1S/C23H24N4O2/c1-16-4-6-17(7-5-16)23(29)26-21-13-18(8-10-24-21)19-9-11-25-22(14-19)27-12-2-3-20(28)15-27/h4-11,13-14,20,28H,2-3,12,15H2,1H3,(H,24,26,29). The van der Waals surface area contributed by atoms with Crippen LogP contribution in [0.3, 0.4) is 0 Å². The Hall–Kier alpha value is -3.25. The molecule has 6 heteroatoms. The SMILES string of the molecule is Cc1ccc(C(=O)Nc2cc(-c3ccnc(N4CCCC(O)C4)c3)ccn2)cc1. The van der Waals surface area contributed by atoms with E-state index in [1.807, 2.05) is 43.3 Å². The minimum atomic E-state index is -0.307. The zero-order valence-electron chi connectivity index (χ0n) is 16.4. The third-order valence-electron chi connectivity index (χ3n) is 5.11. The smallest absolute Gasteiger partial charge is 0.256 e. The molecule has 1 amide bonds. The van der Waals surface area contributed by atoms with Crippen LogP contribution in [0.25, 0.3) is 11.1 Å². The topological polar surface area (TPSA) is 78.4 Å². The second-order valence-corrected chi connectivity index (χ2v) is 7.39. The summed E-state index contributed by atoms with van der Waals surface area (Å²) in [5.74, 6) is 1.16. The minimum absolute atomic E-state index is 0.188. The lowest BCUT2D eigenvalue weighted by molar-refractivity contribution is 0.102. The van der Waals surface area contributed by atoms with Crippen molar-refractivity contribution in [2.45, 2.75) is 25.9 Å². The van der Waals surface area contributed by atoms with Gasteiger partial charge in [-0.15, -0.1) is 0 Å². The molecule has 6 nitrogen and oxygen atoms in total. The molecule has 3 heterocycles. The summed E-state index contributed by atoms with van der Waals surface area (Å²) in [4.78, 5) is 23.3. The number of β-amino-alcohol motifs (C(OH)–C–C–N with tert-alkyl or cyclic N) is 1. The number of benzene rings is 1. The van der Waals surface area contributed by atoms with Gasteiger partial charge in [-0.25, -0.2) is 9.97 Å². The fraction of sp³-hybridized carbons (Fsp3) is 0.261. The van der Waals surface area contributed by atoms with E-state index in [0.29, 0.717) is 17.9 Å². The van der Waals surface area contributed by atoms with Crippen molar-refractivity contribution in [2.24, 2.45) is 0 Å². The Labute approximate surface area is 170 Å². The lowest BCUT2D eigenvalue weighted by Crippen LogP contribution is -2.38. The average molecular weight is 388 g/mol. The van der Waals surface area contributed by atoms with Gasteiger partial charge in [0.1, 0.15) is 11.6 Å². The number of pyridine rings is 2. The number of hydrogen-bond acceptors (Lipinski definition) is 5. The normalized spacial score (nSPS) is 16.5. The number of aliphatic hydroxyl groups is 1. The molecule has 0 bridgehead atoms. The van der Waals surface area contributed by atoms with Gasteiger partial charge in [-0.1, -0.05) is 17.7 Å². The first-order chi connectivity index (χ1) is 14.1. The van der Waals surface area contributed by atoms with Crippen LogP contribution < -0.4 is 10.2 Å². The Balaban J connectivity index is 1.53. The lowest BCUT2D eigenvalue weighted by Gasteiger charge is -2.31. The number of carbonyl (C=O) groups excluding carboxylic acids is 1. The van der Waals surface area contributed by atoms with E-state index in [1.54, 1.807) is 24.5 Å². The van der Waals surface area contributed by atoms with Crippen molar-refractivity contribution in [1.82, 2.24) is 9.97 Å². The van der Waals surface area contributed by atoms with Crippen molar-refractivity contribution in [2.75, 3.05) is 23.3 Å². The highest BCUT2D eigenvalue weighted by atomic mass is 16.3. The van der Waals surface area contributed by atoms with E-state index in [1.165, 1.54) is 0 Å². The highest BCUT2D eigenvalue weighted by molar-refractivity contribution is 6.04. The molecule has 1 saturated heterocycles. The molecule has 148 valence electrons. The molecule has 1 aliphatic heterocycles. The number of anilines is 2. The van der Waals surface area contributed by atoms with Gasteiger partial charge in [0.25, 0.3) is 5.91 Å². The Morgan fingerprint density at radius 2 is 1.79 bits per heavy atom. The molecule has 1 aromatic carbocycles. The number of piperidine rings is 1. The Morgan fingerprint density at radius 1 is 1.07 bits per heavy atom. The van der Waals surface area contributed by atoms with Crippen LogP contribution in [0.5, 0.6) is 0 Å². The van der Waals surface area contributed by atoms with Crippen LogP contribution in [0.1, 0.15) is 28.8 Å². The molecule has 0 radical (unpaired) electrons. The zero-order chi connectivity index (χ0) is 20.2. The number of nitrogens with one attached hydrogen (secondary N) is 1. The van der Waals surface area contributed by atoms with Gasteiger partial charge in [0.15, 0.2) is 0 Å². The molecule has 1 atom stereocenters. The van der Waals surface area contributed by atoms with Crippen molar-refractivity contribution in [3.8, 4) is 11.1 Å². The van der Waals surface area contributed by atoms with E-state index < -0.39 is 0 Å². The Morgan fingerprint density at radius 3 is 2.55 bits per heavy atom. The van der Waals surface area contributed by atoms with Crippen molar-refractivity contribution in [3.05, 3.63) is 72.1 Å². The van der Waals surface area contributed by atoms with E-state index in [2.05, 4.69) is 20.2 Å². The van der Waals surface area contributed by atoms with Gasteiger partial charge in [0.05, 0.1) is 6.10 Å². The molecule has 2 N–H and O–H groups in total. The first-order valence-corrected chi connectivity index (χ1v) is 9.82. The van der Waals surface area contributed by atoms with Gasteiger partial charge < -0.3 is 15.3 Å². The summed E-state index contributed by atoms with van der Waals surface area (Å²) >= 11 is 0. The molecule has 2 aromatic heterocycles. The maximum atomic E-state index is 12.5. The van der Waals surface area contributed by atoms with Crippen molar-refractivity contribution in [1.29, 1.82) is 0 Å². The Bertz CT molecular complexity index is 1000. The van der Waals surface area contributed by atoms with Gasteiger partial charge in [-0.05, 0) is 67.3 Å². The summed E-state index contributed by atoms with van der Waals surface area (Å²) < 4.78 is 0. The predicted molar refractivity (Wildman–Crippen MR) is 114 cm³/mol. The fourth-order valence-corrected chi connectivity index (χ4v) is 3.51. The predicted octanol–water partition coefficient (Wildman–Crippen LogP) is 3.67. The number of aliphatic hydroxyl groups excluding tert-OH is 1. The Kier molecular flexibility index (Phi) is 5.53. The minimum Gasteiger partial charge on any atom is -0.391 e. The fourth-order valence-electron chi connectivity index (χ4n) is 3.51. The third-order valence-corrected chi connectivity index (χ3v) is 5.11. The number of hydrogen-bond donors (Lipinski definition) is 2. The van der Waals surface area contributed by atoms with Crippen LogP contribution in [0.15, 0.2) is 60.9 Å². The number of amides is 1. The van der Waals surface area contributed by atoms with Crippen LogP contribution in [-0.4, -0.2) is 40.2 Å². The molecule has 1 unspecified atom stereocenters. The van der Waals surface area contributed by atoms with Gasteiger partial charge in [-0.3, -0.25) is 4.79 Å². The highest BCUT2D eigenvalue weighted by Crippen LogP contribution is 2.26. The summed E-state index contributed by atoms with van der Waals surface area (Å²) in [5, 5.41) is 12.8. The monoisotopic (exact) mass is 388 g/mol. The summed E-state index contributed by atoms with van der Waals surface area (Å²) in [5.41, 5.74) is 3.64. The van der Waals surface area contributed by atoms with Crippen molar-refractivity contribution in [3.63, 3.8) is 0 Å². The molecular weight excluding hydrogens is 364 g/mol. The first-order valence-electron chi connectivity index (χ1n) is 9.82. The van der Waals surface area contributed by atoms with Crippen molar-refractivity contribution < 1.29 is 9.90 Å². The van der Waals surface area contributed by atoms with Gasteiger partial charge in [0, 0.05) is 31.0 Å². The second-order valence-electron chi connectivity index (χ2n) is 7.39. The first kappa shape index (κ1) is 19.1. The number of carbonyl (C=O) groups is 1. The van der Waals surface area contributed by atoms with Crippen LogP contribution >= 0.6 is 0 Å². The van der Waals surface area contributed by atoms with E-state index in [-0.39, 0.29) is 12.0 Å². The summed E-state index contributed by atoms with van der Waals surface area (Å²) in [6, 6.07) is 15.1. The summed E-state index contributed by atoms with van der Waals surface area (Å²) in [6.45, 7) is 3.48. The van der Waals surface area contributed by atoms with E-state index in [4.69, 9.17) is 0 Å². The molecule has 0 aliphatic carbocycles. The summed E-state index contributed by atoms with van der Waals surface area (Å²) in [6.07, 6.45) is 4.95. The number of nitrogens with zero attached hydrogens (tertiary/aromatic N) is 3. The van der Waals surface area contributed by atoms with E-state index in [0.717, 1.165) is 41.9 Å². The van der Waals surface area contributed by atoms with Crippen LogP contribution in [0, 0.1) is 6.92 Å². The molecule has 1 aliphatic rings. The molecule has 4 rings (SSSR count). The second kappa shape index (κ2) is 8.41. The van der Waals surface area contributed by atoms with Gasteiger partial charge >= 0.3 is 0 Å². The number of aromatic nitrogens is 2. The maximum Gasteiger partial charge on any atom is 0.256 e. The van der Waals surface area contributed by atoms with Crippen LogP contribution in [-0.2, 0) is 0 Å². The molecule has 1 fully saturated rings. The van der Waals surface area contributed by atoms with Crippen LogP contribution in [0.2, 0.25) is 0 Å².